The van der Waals surface area contributed by atoms with Crippen molar-refractivity contribution < 1.29 is 9.47 Å². The van der Waals surface area contributed by atoms with Crippen molar-refractivity contribution in [2.75, 3.05) is 59.7 Å². The zero-order valence-electron chi connectivity index (χ0n) is 10.8. The van der Waals surface area contributed by atoms with E-state index in [1.807, 2.05) is 11.9 Å². The SMILES string of the molecule is CN/C(=N\C(=N)N1CCOCC1)N1CCOCC1. The second kappa shape index (κ2) is 6.55. The van der Waals surface area contributed by atoms with Gasteiger partial charge in [-0.1, -0.05) is 0 Å². The van der Waals surface area contributed by atoms with Gasteiger partial charge in [-0.15, -0.1) is 0 Å². The second-order valence-corrected chi connectivity index (χ2v) is 4.21. The highest BCUT2D eigenvalue weighted by molar-refractivity contribution is 5.93. The topological polar surface area (TPSA) is 73.2 Å². The molecule has 2 saturated heterocycles. The minimum Gasteiger partial charge on any atom is -0.378 e. The largest absolute Gasteiger partial charge is 0.378 e. The molecule has 0 amide bonds. The number of hydrogen-bond donors (Lipinski definition) is 2. The Labute approximate surface area is 107 Å². The molecule has 0 aromatic heterocycles. The highest BCUT2D eigenvalue weighted by atomic mass is 16.5. The third-order valence-electron chi connectivity index (χ3n) is 3.06. The van der Waals surface area contributed by atoms with Gasteiger partial charge in [-0.3, -0.25) is 5.41 Å². The van der Waals surface area contributed by atoms with Crippen LogP contribution in [0, 0.1) is 5.41 Å². The van der Waals surface area contributed by atoms with Crippen LogP contribution in [-0.4, -0.2) is 81.4 Å². The number of hydrogen-bond acceptors (Lipinski definition) is 3. The smallest absolute Gasteiger partial charge is 0.221 e. The molecule has 102 valence electrons. The second-order valence-electron chi connectivity index (χ2n) is 4.21. The first-order valence-corrected chi connectivity index (χ1v) is 6.31. The number of rotatable bonds is 0. The van der Waals surface area contributed by atoms with Crippen LogP contribution in [0.2, 0.25) is 0 Å². The Hall–Kier alpha value is -1.34. The molecule has 0 unspecified atom stereocenters. The average molecular weight is 255 g/mol. The van der Waals surface area contributed by atoms with E-state index in [4.69, 9.17) is 14.9 Å². The van der Waals surface area contributed by atoms with Crippen LogP contribution in [0.25, 0.3) is 0 Å². The minimum atomic E-state index is 0.300. The standard InChI is InChI=1S/C11H21N5O2/c1-13-11(16-4-8-18-9-5-16)14-10(12)15-2-6-17-7-3-15/h2-9H2,1H3,(H2,12,13,14). The summed E-state index contributed by atoms with van der Waals surface area (Å²) in [5, 5.41) is 11.1. The zero-order valence-corrected chi connectivity index (χ0v) is 10.8. The van der Waals surface area contributed by atoms with E-state index < -0.39 is 0 Å². The van der Waals surface area contributed by atoms with Crippen LogP contribution in [-0.2, 0) is 9.47 Å². The Morgan fingerprint density at radius 3 is 2.00 bits per heavy atom. The van der Waals surface area contributed by atoms with Crippen molar-refractivity contribution in [3.63, 3.8) is 0 Å². The van der Waals surface area contributed by atoms with Gasteiger partial charge in [-0.2, -0.15) is 4.99 Å². The van der Waals surface area contributed by atoms with E-state index in [1.54, 1.807) is 0 Å². The fraction of sp³-hybridized carbons (Fsp3) is 0.818. The maximum Gasteiger partial charge on any atom is 0.221 e. The van der Waals surface area contributed by atoms with E-state index in [0.717, 1.165) is 32.1 Å². The molecule has 2 fully saturated rings. The van der Waals surface area contributed by atoms with Gasteiger partial charge in [0.1, 0.15) is 0 Å². The van der Waals surface area contributed by atoms with E-state index >= 15 is 0 Å². The maximum atomic E-state index is 8.02. The van der Waals surface area contributed by atoms with E-state index in [0.29, 0.717) is 32.4 Å². The Balaban J connectivity index is 1.96. The third kappa shape index (κ3) is 3.33. The molecule has 0 aromatic rings. The van der Waals surface area contributed by atoms with Gasteiger partial charge in [-0.05, 0) is 0 Å². The molecule has 0 bridgehead atoms. The van der Waals surface area contributed by atoms with Crippen LogP contribution in [0.1, 0.15) is 0 Å². The predicted octanol–water partition coefficient (Wildman–Crippen LogP) is -0.839. The summed E-state index contributed by atoms with van der Waals surface area (Å²) in [7, 11) is 1.83. The van der Waals surface area contributed by atoms with Crippen molar-refractivity contribution in [2.45, 2.75) is 0 Å². The molecular formula is C11H21N5O2. The van der Waals surface area contributed by atoms with Gasteiger partial charge >= 0.3 is 0 Å². The molecule has 0 aromatic carbocycles. The van der Waals surface area contributed by atoms with Crippen LogP contribution in [0.15, 0.2) is 4.99 Å². The summed E-state index contributed by atoms with van der Waals surface area (Å²) in [6.07, 6.45) is 0. The number of nitrogens with zero attached hydrogens (tertiary/aromatic N) is 3. The fourth-order valence-corrected chi connectivity index (χ4v) is 2.01. The first kappa shape index (κ1) is 13.1. The number of nitrogens with one attached hydrogen (secondary N) is 2. The minimum absolute atomic E-state index is 0.300. The summed E-state index contributed by atoms with van der Waals surface area (Å²) >= 11 is 0. The van der Waals surface area contributed by atoms with E-state index in [2.05, 4.69) is 15.2 Å². The first-order chi connectivity index (χ1) is 8.81. The molecule has 0 radical (unpaired) electrons. The normalized spacial score (nSPS) is 21.9. The maximum absolute atomic E-state index is 8.02. The molecule has 0 spiro atoms. The molecule has 0 atom stereocenters. The lowest BCUT2D eigenvalue weighted by atomic mass is 10.4. The summed E-state index contributed by atoms with van der Waals surface area (Å²) in [6.45, 7) is 5.88. The monoisotopic (exact) mass is 255 g/mol. The molecule has 7 heteroatoms. The fourth-order valence-electron chi connectivity index (χ4n) is 2.01. The van der Waals surface area contributed by atoms with E-state index in [9.17, 15) is 0 Å². The molecule has 2 aliphatic heterocycles. The van der Waals surface area contributed by atoms with Gasteiger partial charge in [0.25, 0.3) is 0 Å². The van der Waals surface area contributed by atoms with Crippen LogP contribution in [0.3, 0.4) is 0 Å². The van der Waals surface area contributed by atoms with Crippen LogP contribution in [0.4, 0.5) is 0 Å². The van der Waals surface area contributed by atoms with Crippen LogP contribution < -0.4 is 5.32 Å². The number of morpholine rings is 2. The van der Waals surface area contributed by atoms with Crippen LogP contribution in [0.5, 0.6) is 0 Å². The highest BCUT2D eigenvalue weighted by Crippen LogP contribution is 2.01. The Morgan fingerprint density at radius 2 is 1.50 bits per heavy atom. The van der Waals surface area contributed by atoms with Crippen molar-refractivity contribution in [1.29, 1.82) is 5.41 Å². The summed E-state index contributed by atoms with van der Waals surface area (Å²) in [5.74, 6) is 1.05. The molecule has 2 aliphatic rings. The molecule has 2 N–H and O–H groups in total. The highest BCUT2D eigenvalue weighted by Gasteiger charge is 2.17. The quantitative estimate of drug-likeness (QED) is 0.436. The lowest BCUT2D eigenvalue weighted by Crippen LogP contribution is -2.48. The van der Waals surface area contributed by atoms with Crippen molar-refractivity contribution in [1.82, 2.24) is 15.1 Å². The Bertz CT molecular complexity index is 309. The lowest BCUT2D eigenvalue weighted by Gasteiger charge is -2.31. The predicted molar refractivity (Wildman–Crippen MR) is 69.0 cm³/mol. The van der Waals surface area contributed by atoms with Crippen molar-refractivity contribution in [3.8, 4) is 0 Å². The molecule has 2 heterocycles. The van der Waals surface area contributed by atoms with Crippen molar-refractivity contribution in [2.24, 2.45) is 4.99 Å². The lowest BCUT2D eigenvalue weighted by molar-refractivity contribution is 0.0651. The number of aliphatic imine (C=N–C) groups is 1. The molecule has 0 saturated carbocycles. The average Bonchev–Trinajstić information content (AvgIpc) is 2.46. The molecule has 18 heavy (non-hydrogen) atoms. The number of ether oxygens (including phenoxy) is 2. The summed E-state index contributed by atoms with van der Waals surface area (Å²) in [6, 6.07) is 0. The van der Waals surface area contributed by atoms with E-state index in [1.165, 1.54) is 0 Å². The summed E-state index contributed by atoms with van der Waals surface area (Å²) in [5.41, 5.74) is 0. The van der Waals surface area contributed by atoms with Gasteiger partial charge in [0.2, 0.25) is 11.9 Å². The van der Waals surface area contributed by atoms with Gasteiger partial charge < -0.3 is 24.6 Å². The van der Waals surface area contributed by atoms with Crippen LogP contribution >= 0.6 is 0 Å². The molecular weight excluding hydrogens is 234 g/mol. The number of guanidine groups is 2. The zero-order chi connectivity index (χ0) is 12.8. The summed E-state index contributed by atoms with van der Waals surface area (Å²) < 4.78 is 10.6. The van der Waals surface area contributed by atoms with Gasteiger partial charge in [0, 0.05) is 33.2 Å². The molecule has 0 aliphatic carbocycles. The van der Waals surface area contributed by atoms with Gasteiger partial charge in [-0.25, -0.2) is 0 Å². The Kier molecular flexibility index (Phi) is 4.77. The molecule has 7 nitrogen and oxygen atoms in total. The first-order valence-electron chi connectivity index (χ1n) is 6.31. The third-order valence-corrected chi connectivity index (χ3v) is 3.06. The van der Waals surface area contributed by atoms with Crippen molar-refractivity contribution in [3.05, 3.63) is 0 Å². The van der Waals surface area contributed by atoms with Gasteiger partial charge in [0.15, 0.2) is 0 Å². The van der Waals surface area contributed by atoms with Crippen molar-refractivity contribution >= 4 is 11.9 Å². The van der Waals surface area contributed by atoms with E-state index in [-0.39, 0.29) is 0 Å². The Morgan fingerprint density at radius 1 is 1.00 bits per heavy atom. The molecule has 2 rings (SSSR count). The summed E-state index contributed by atoms with van der Waals surface area (Å²) in [4.78, 5) is 8.41. The van der Waals surface area contributed by atoms with Gasteiger partial charge in [0.05, 0.1) is 26.4 Å².